The molecule has 96 valence electrons. The molecule has 0 aliphatic heterocycles. The van der Waals surface area contributed by atoms with E-state index in [1.54, 1.807) is 11.4 Å². The molecule has 2 aromatic rings. The minimum absolute atomic E-state index is 0.133. The summed E-state index contributed by atoms with van der Waals surface area (Å²) in [6.07, 6.45) is 0. The molecule has 3 nitrogen and oxygen atoms in total. The highest BCUT2D eigenvalue weighted by molar-refractivity contribution is 7.08. The monoisotopic (exact) mass is 271 g/mol. The first-order valence-corrected chi connectivity index (χ1v) is 6.69. The lowest BCUT2D eigenvalue weighted by Crippen LogP contribution is -2.10. The van der Waals surface area contributed by atoms with E-state index in [9.17, 15) is 4.79 Å². The number of nitrogens with one attached hydrogen (secondary N) is 1. The number of aliphatic hydroxyl groups excluding tert-OH is 1. The van der Waals surface area contributed by atoms with E-state index < -0.39 is 0 Å². The molecule has 1 aromatic carbocycles. The van der Waals surface area contributed by atoms with Crippen molar-refractivity contribution in [3.05, 3.63) is 51.7 Å². The Morgan fingerprint density at radius 2 is 2.26 bits per heavy atom. The van der Waals surface area contributed by atoms with Crippen molar-refractivity contribution in [2.75, 3.05) is 11.9 Å². The molecule has 0 fully saturated rings. The third-order valence-corrected chi connectivity index (χ3v) is 3.26. The molecule has 4 heteroatoms. The molecule has 0 bridgehead atoms. The van der Waals surface area contributed by atoms with Crippen LogP contribution in [0, 0.1) is 18.8 Å². The average Bonchev–Trinajstić information content (AvgIpc) is 2.93. The first-order valence-electron chi connectivity index (χ1n) is 5.74. The molecule has 2 rings (SSSR count). The molecule has 1 amide bonds. The molecule has 2 N–H and O–H groups in total. The van der Waals surface area contributed by atoms with Gasteiger partial charge in [-0.1, -0.05) is 17.9 Å². The van der Waals surface area contributed by atoms with E-state index >= 15 is 0 Å². The van der Waals surface area contributed by atoms with Gasteiger partial charge in [0.15, 0.2) is 0 Å². The van der Waals surface area contributed by atoms with Crippen molar-refractivity contribution in [3.8, 4) is 11.8 Å². The van der Waals surface area contributed by atoms with E-state index in [0.29, 0.717) is 11.3 Å². The van der Waals surface area contributed by atoms with Crippen LogP contribution in [-0.4, -0.2) is 17.6 Å². The number of hydrogen-bond acceptors (Lipinski definition) is 3. The molecule has 1 aromatic heterocycles. The number of benzene rings is 1. The fraction of sp³-hybridized carbons (Fsp3) is 0.133. The second-order valence-corrected chi connectivity index (χ2v) is 4.74. The van der Waals surface area contributed by atoms with Crippen molar-refractivity contribution < 1.29 is 9.90 Å². The van der Waals surface area contributed by atoms with Gasteiger partial charge in [-0.25, -0.2) is 0 Å². The van der Waals surface area contributed by atoms with Gasteiger partial charge in [0.2, 0.25) is 0 Å². The van der Waals surface area contributed by atoms with Crippen LogP contribution in [0.5, 0.6) is 0 Å². The van der Waals surface area contributed by atoms with Gasteiger partial charge >= 0.3 is 0 Å². The second-order valence-electron chi connectivity index (χ2n) is 3.96. The number of amides is 1. The molecule has 1 heterocycles. The zero-order valence-electron chi connectivity index (χ0n) is 10.4. The summed E-state index contributed by atoms with van der Waals surface area (Å²) in [5.41, 5.74) is 3.16. The van der Waals surface area contributed by atoms with Gasteiger partial charge in [-0.2, -0.15) is 11.3 Å². The predicted molar refractivity (Wildman–Crippen MR) is 77.4 cm³/mol. The summed E-state index contributed by atoms with van der Waals surface area (Å²) < 4.78 is 0. The minimum Gasteiger partial charge on any atom is -0.384 e. The van der Waals surface area contributed by atoms with E-state index in [1.807, 2.05) is 30.5 Å². The summed E-state index contributed by atoms with van der Waals surface area (Å²) in [5, 5.41) is 15.2. The van der Waals surface area contributed by atoms with E-state index in [-0.39, 0.29) is 12.5 Å². The molecule has 19 heavy (non-hydrogen) atoms. The van der Waals surface area contributed by atoms with E-state index in [1.165, 1.54) is 11.3 Å². The molecule has 0 saturated carbocycles. The molecular formula is C15H13NO2S. The van der Waals surface area contributed by atoms with E-state index in [0.717, 1.165) is 11.1 Å². The van der Waals surface area contributed by atoms with Crippen molar-refractivity contribution >= 4 is 22.9 Å². The summed E-state index contributed by atoms with van der Waals surface area (Å²) in [7, 11) is 0. The summed E-state index contributed by atoms with van der Waals surface area (Å²) in [6, 6.07) is 7.32. The Bertz CT molecular complexity index is 636. The number of carbonyl (C=O) groups is 1. The molecule has 0 unspecified atom stereocenters. The smallest absolute Gasteiger partial charge is 0.256 e. The van der Waals surface area contributed by atoms with Gasteiger partial charge in [0.25, 0.3) is 5.91 Å². The van der Waals surface area contributed by atoms with Crippen LogP contribution in [-0.2, 0) is 0 Å². The van der Waals surface area contributed by atoms with Crippen LogP contribution in [0.15, 0.2) is 35.0 Å². The van der Waals surface area contributed by atoms with Crippen LogP contribution < -0.4 is 5.32 Å². The number of carbonyl (C=O) groups excluding carboxylic acids is 1. The Kier molecular flexibility index (Phi) is 4.35. The summed E-state index contributed by atoms with van der Waals surface area (Å²) in [4.78, 5) is 11.9. The summed E-state index contributed by atoms with van der Waals surface area (Å²) >= 11 is 1.48. The number of aryl methyl sites for hydroxylation is 1. The van der Waals surface area contributed by atoms with Gasteiger partial charge in [0.1, 0.15) is 6.61 Å². The van der Waals surface area contributed by atoms with Gasteiger partial charge in [0, 0.05) is 16.6 Å². The lowest BCUT2D eigenvalue weighted by Gasteiger charge is -2.06. The molecule has 0 aliphatic rings. The zero-order valence-corrected chi connectivity index (χ0v) is 11.3. The largest absolute Gasteiger partial charge is 0.384 e. The van der Waals surface area contributed by atoms with Crippen LogP contribution in [0.4, 0.5) is 5.69 Å². The Balaban J connectivity index is 2.19. The number of anilines is 1. The van der Waals surface area contributed by atoms with Gasteiger partial charge in [0.05, 0.1) is 5.56 Å². The van der Waals surface area contributed by atoms with Crippen molar-refractivity contribution in [2.24, 2.45) is 0 Å². The standard InChI is InChI=1S/C15H13NO2S/c1-11-4-5-14(9-12(11)3-2-7-17)16-15(18)13-6-8-19-10-13/h4-6,8-10,17H,7H2,1H3,(H,16,18). The van der Waals surface area contributed by atoms with Gasteiger partial charge in [-0.3, -0.25) is 4.79 Å². The van der Waals surface area contributed by atoms with Crippen LogP contribution in [0.3, 0.4) is 0 Å². The van der Waals surface area contributed by atoms with Gasteiger partial charge in [-0.05, 0) is 36.1 Å². The lowest BCUT2D eigenvalue weighted by atomic mass is 10.1. The Morgan fingerprint density at radius 1 is 1.42 bits per heavy atom. The van der Waals surface area contributed by atoms with Crippen LogP contribution >= 0.6 is 11.3 Å². The second kappa shape index (κ2) is 6.19. The van der Waals surface area contributed by atoms with Crippen LogP contribution in [0.1, 0.15) is 21.5 Å². The van der Waals surface area contributed by atoms with Crippen molar-refractivity contribution in [3.63, 3.8) is 0 Å². The lowest BCUT2D eigenvalue weighted by molar-refractivity contribution is 0.102. The first kappa shape index (κ1) is 13.3. The molecule has 0 radical (unpaired) electrons. The summed E-state index contributed by atoms with van der Waals surface area (Å²) in [6.45, 7) is 1.76. The van der Waals surface area contributed by atoms with Crippen LogP contribution in [0.25, 0.3) is 0 Å². The zero-order chi connectivity index (χ0) is 13.7. The highest BCUT2D eigenvalue weighted by Gasteiger charge is 2.06. The molecular weight excluding hydrogens is 258 g/mol. The Morgan fingerprint density at radius 3 is 2.95 bits per heavy atom. The molecule has 0 saturated heterocycles. The fourth-order valence-corrected chi connectivity index (χ4v) is 2.20. The first-order chi connectivity index (χ1) is 9.20. The normalized spacial score (nSPS) is 9.58. The maximum absolute atomic E-state index is 11.9. The fourth-order valence-electron chi connectivity index (χ4n) is 1.57. The molecule has 0 spiro atoms. The minimum atomic E-state index is -0.176. The number of aliphatic hydroxyl groups is 1. The topological polar surface area (TPSA) is 49.3 Å². The average molecular weight is 271 g/mol. The number of thiophene rings is 1. The van der Waals surface area contributed by atoms with E-state index in [2.05, 4.69) is 17.2 Å². The maximum Gasteiger partial charge on any atom is 0.256 e. The third-order valence-electron chi connectivity index (χ3n) is 2.58. The third kappa shape index (κ3) is 3.44. The van der Waals surface area contributed by atoms with Crippen molar-refractivity contribution in [2.45, 2.75) is 6.92 Å². The number of hydrogen-bond donors (Lipinski definition) is 2. The quantitative estimate of drug-likeness (QED) is 0.825. The van der Waals surface area contributed by atoms with Gasteiger partial charge < -0.3 is 10.4 Å². The number of rotatable bonds is 2. The van der Waals surface area contributed by atoms with Crippen molar-refractivity contribution in [1.29, 1.82) is 0 Å². The summed E-state index contributed by atoms with van der Waals surface area (Å²) in [5.74, 6) is 5.34. The molecule has 0 aliphatic carbocycles. The van der Waals surface area contributed by atoms with Gasteiger partial charge in [-0.15, -0.1) is 0 Å². The van der Waals surface area contributed by atoms with Crippen molar-refractivity contribution in [1.82, 2.24) is 0 Å². The highest BCUT2D eigenvalue weighted by atomic mass is 32.1. The van der Waals surface area contributed by atoms with Crippen LogP contribution in [0.2, 0.25) is 0 Å². The molecule has 0 atom stereocenters. The predicted octanol–water partition coefficient (Wildman–Crippen LogP) is 2.65. The van der Waals surface area contributed by atoms with E-state index in [4.69, 9.17) is 5.11 Å². The Hall–Kier alpha value is -2.09. The Labute approximate surface area is 115 Å². The maximum atomic E-state index is 11.9. The SMILES string of the molecule is Cc1ccc(NC(=O)c2ccsc2)cc1C#CCO. The highest BCUT2D eigenvalue weighted by Crippen LogP contribution is 2.16.